The number of halogens is 2. The van der Waals surface area contributed by atoms with Crippen LogP contribution in [0.5, 0.6) is 0 Å². The molecule has 0 saturated carbocycles. The first kappa shape index (κ1) is 26.4. The van der Waals surface area contributed by atoms with Crippen LogP contribution in [0.25, 0.3) is 5.52 Å². The van der Waals surface area contributed by atoms with Gasteiger partial charge in [-0.15, -0.1) is 17.5 Å². The summed E-state index contributed by atoms with van der Waals surface area (Å²) < 4.78 is 8.03. The molecule has 3 rings (SSSR count). The molecule has 31 heavy (non-hydrogen) atoms. The highest BCUT2D eigenvalue weighted by molar-refractivity contribution is 6.22. The van der Waals surface area contributed by atoms with Crippen molar-refractivity contribution in [3.63, 3.8) is 0 Å². The lowest BCUT2D eigenvalue weighted by Crippen LogP contribution is -3.00. The van der Waals surface area contributed by atoms with Crippen LogP contribution in [0.15, 0.2) is 53.0 Å². The number of hydrogen-bond donors (Lipinski definition) is 4. The topological polar surface area (TPSA) is 121 Å². The largest absolute Gasteiger partial charge is 1.00 e. The molecule has 0 spiro atoms. The zero-order chi connectivity index (χ0) is 21.0. The highest BCUT2D eigenvalue weighted by atomic mass is 35.5. The molecule has 1 aliphatic carbocycles. The number of nitrogens with zero attached hydrogens (tertiary/aromatic N) is 4. The Morgan fingerprint density at radius 1 is 1.29 bits per heavy atom. The van der Waals surface area contributed by atoms with Gasteiger partial charge < -0.3 is 37.8 Å². The first-order valence-corrected chi connectivity index (χ1v) is 9.41. The van der Waals surface area contributed by atoms with Crippen molar-refractivity contribution in [3.05, 3.63) is 48.0 Å². The molecule has 170 valence electrons. The van der Waals surface area contributed by atoms with E-state index in [0.29, 0.717) is 28.7 Å². The van der Waals surface area contributed by atoms with Crippen LogP contribution >= 0.6 is 12.4 Å². The second-order valence-corrected chi connectivity index (χ2v) is 7.76. The molecule has 2 heterocycles. The fraction of sp³-hybridized carbons (Fsp3) is 0.350. The minimum Gasteiger partial charge on any atom is -1.00 e. The van der Waals surface area contributed by atoms with Gasteiger partial charge in [0.15, 0.2) is 5.82 Å². The van der Waals surface area contributed by atoms with Crippen molar-refractivity contribution in [2.24, 2.45) is 10.7 Å². The van der Waals surface area contributed by atoms with E-state index in [1.165, 1.54) is 6.08 Å². The van der Waals surface area contributed by atoms with Crippen LogP contribution in [0, 0.1) is 5.41 Å². The smallest absolute Gasteiger partial charge is 0.175 e. The van der Waals surface area contributed by atoms with E-state index in [9.17, 15) is 0 Å². The molecule has 11 heteroatoms. The number of aliphatic imine (C=N–C) groups is 1. The maximum absolute atomic E-state index is 8.99. The van der Waals surface area contributed by atoms with E-state index >= 15 is 0 Å². The lowest BCUT2D eigenvalue weighted by molar-refractivity contribution is -0.868. The third kappa shape index (κ3) is 6.70. The highest BCUT2D eigenvalue weighted by Gasteiger charge is 2.19. The van der Waals surface area contributed by atoms with Crippen molar-refractivity contribution in [2.75, 3.05) is 52.8 Å². The summed E-state index contributed by atoms with van der Waals surface area (Å²) in [5, 5.41) is 25.0. The highest BCUT2D eigenvalue weighted by Crippen LogP contribution is 2.31. The molecule has 0 fully saturated rings. The van der Waals surface area contributed by atoms with Crippen LogP contribution in [0.1, 0.15) is 0 Å². The normalized spacial score (nSPS) is 15.1. The molecule has 2 aromatic heterocycles. The fourth-order valence-corrected chi connectivity index (χ4v) is 2.80. The van der Waals surface area contributed by atoms with Crippen LogP contribution in [0.2, 0.25) is 0 Å². The molecule has 0 unspecified atom stereocenters. The molecule has 0 aromatic carbocycles. The van der Waals surface area contributed by atoms with Crippen LogP contribution in [-0.4, -0.2) is 78.1 Å². The molecule has 0 saturated heterocycles. The van der Waals surface area contributed by atoms with Gasteiger partial charge in [0, 0.05) is 12.3 Å². The lowest BCUT2D eigenvalue weighted by Gasteiger charge is -2.23. The Bertz CT molecular complexity index is 1010. The third-order valence-corrected chi connectivity index (χ3v) is 4.30. The maximum atomic E-state index is 8.99. The molecular formula is C20H29Cl2N7O2. The minimum absolute atomic E-state index is 0. The zero-order valence-electron chi connectivity index (χ0n) is 17.8. The van der Waals surface area contributed by atoms with Crippen LogP contribution < -0.4 is 23.5 Å². The summed E-state index contributed by atoms with van der Waals surface area (Å²) in [5.41, 5.74) is 8.64. The number of hydrogen-bond acceptors (Lipinski definition) is 7. The monoisotopic (exact) mass is 469 g/mol. The quantitative estimate of drug-likeness (QED) is 0.283. The van der Waals surface area contributed by atoms with Gasteiger partial charge in [0.2, 0.25) is 0 Å². The molecule has 0 bridgehead atoms. The number of pyridine rings is 1. The number of quaternary nitrogens is 1. The first-order chi connectivity index (χ1) is 13.8. The van der Waals surface area contributed by atoms with Gasteiger partial charge in [-0.3, -0.25) is 5.41 Å². The fourth-order valence-electron chi connectivity index (χ4n) is 2.80. The minimum atomic E-state index is -0.134. The molecule has 9 nitrogen and oxygen atoms in total. The summed E-state index contributed by atoms with van der Waals surface area (Å²) >= 11 is 0. The van der Waals surface area contributed by atoms with E-state index in [0.717, 1.165) is 23.1 Å². The summed E-state index contributed by atoms with van der Waals surface area (Å²) in [7, 11) is 6.40. The van der Waals surface area contributed by atoms with E-state index in [1.807, 2.05) is 24.4 Å². The second-order valence-electron chi connectivity index (χ2n) is 7.76. The molecule has 0 radical (unpaired) electrons. The van der Waals surface area contributed by atoms with Crippen molar-refractivity contribution in [2.45, 2.75) is 0 Å². The van der Waals surface area contributed by atoms with Gasteiger partial charge in [-0.2, -0.15) is 0 Å². The Hall–Kier alpha value is -2.59. The number of allylic oxidation sites excluding steroid dienone is 2. The number of aliphatic hydroxyl groups is 1. The Morgan fingerprint density at radius 3 is 2.71 bits per heavy atom. The molecule has 0 aliphatic heterocycles. The Kier molecular flexibility index (Phi) is 9.51. The van der Waals surface area contributed by atoms with Gasteiger partial charge in [-0.05, 0) is 18.2 Å². The van der Waals surface area contributed by atoms with Crippen molar-refractivity contribution in [1.82, 2.24) is 9.61 Å². The number of nitrogens with one attached hydrogen (secondary N) is 2. The van der Waals surface area contributed by atoms with Gasteiger partial charge >= 0.3 is 0 Å². The zero-order valence-corrected chi connectivity index (χ0v) is 19.4. The predicted molar refractivity (Wildman–Crippen MR) is 122 cm³/mol. The van der Waals surface area contributed by atoms with E-state index in [2.05, 4.69) is 31.6 Å². The van der Waals surface area contributed by atoms with Crippen molar-refractivity contribution >= 4 is 40.9 Å². The first-order valence-electron chi connectivity index (χ1n) is 9.41. The van der Waals surface area contributed by atoms with Crippen LogP contribution in [-0.2, 0) is 4.74 Å². The Labute approximate surface area is 194 Å². The summed E-state index contributed by atoms with van der Waals surface area (Å²) in [6.07, 6.45) is 4.99. The summed E-state index contributed by atoms with van der Waals surface area (Å²) in [5.74, 6) is 0.986. The SMILES string of the molecule is C[N+](C)(C)CCNc1nn2ccccc2c1N=C1C=C(OCCO)C(=N)C=C1N.Cl.[Cl-]. The van der Waals surface area contributed by atoms with Crippen LogP contribution in [0.3, 0.4) is 0 Å². The van der Waals surface area contributed by atoms with E-state index in [-0.39, 0.29) is 43.7 Å². The molecule has 2 aromatic rings. The summed E-state index contributed by atoms with van der Waals surface area (Å²) in [4.78, 5) is 4.75. The van der Waals surface area contributed by atoms with Gasteiger partial charge in [0.1, 0.15) is 18.1 Å². The number of fused-ring (bicyclic) bond motifs is 1. The lowest BCUT2D eigenvalue weighted by atomic mass is 10.1. The number of ether oxygens (including phenoxy) is 1. The molecule has 5 N–H and O–H groups in total. The van der Waals surface area contributed by atoms with Crippen molar-refractivity contribution in [3.8, 4) is 0 Å². The second kappa shape index (κ2) is 11.1. The summed E-state index contributed by atoms with van der Waals surface area (Å²) in [6.45, 7) is 1.62. The number of aromatic nitrogens is 2. The van der Waals surface area contributed by atoms with Gasteiger partial charge in [0.05, 0.1) is 63.5 Å². The molecule has 0 amide bonds. The average molecular weight is 470 g/mol. The maximum Gasteiger partial charge on any atom is 0.175 e. The van der Waals surface area contributed by atoms with Gasteiger partial charge in [0.25, 0.3) is 0 Å². The van der Waals surface area contributed by atoms with E-state index in [4.69, 9.17) is 26.0 Å². The molecule has 1 aliphatic rings. The average Bonchev–Trinajstić information content (AvgIpc) is 2.99. The number of likely N-dealkylation sites (N-methyl/N-ethyl adjacent to an activating group) is 1. The van der Waals surface area contributed by atoms with Gasteiger partial charge in [-0.25, -0.2) is 9.51 Å². The number of nitrogens with two attached hydrogens (primary N) is 1. The van der Waals surface area contributed by atoms with Crippen molar-refractivity contribution in [1.29, 1.82) is 5.41 Å². The number of anilines is 1. The number of aliphatic hydroxyl groups excluding tert-OH is 1. The van der Waals surface area contributed by atoms with Crippen LogP contribution in [0.4, 0.5) is 11.5 Å². The van der Waals surface area contributed by atoms with Gasteiger partial charge in [-0.1, -0.05) is 6.07 Å². The Morgan fingerprint density at radius 2 is 2.03 bits per heavy atom. The van der Waals surface area contributed by atoms with E-state index in [1.54, 1.807) is 10.6 Å². The standard InChI is InChI=1S/C20H28N7O2.2ClH/c1-27(2,3)9-7-23-20-19(17-6-4-5-8-26(17)25-20)24-16-13-18(29-11-10-28)15(22)12-14(16)21;;/h4-6,8,12-13,22,28H,7,9-11,21H2,1-3H3,(H,23,25);2*1H/q+1;;/p-1. The number of rotatable bonds is 8. The van der Waals surface area contributed by atoms with Crippen molar-refractivity contribution < 1.29 is 26.7 Å². The summed E-state index contributed by atoms with van der Waals surface area (Å²) in [6, 6.07) is 5.77. The molecule has 0 atom stereocenters. The third-order valence-electron chi connectivity index (χ3n) is 4.30. The van der Waals surface area contributed by atoms with E-state index < -0.39 is 0 Å². The Balaban J connectivity index is 0.00000240. The molecular weight excluding hydrogens is 441 g/mol. The predicted octanol–water partition coefficient (Wildman–Crippen LogP) is -1.28.